The van der Waals surface area contributed by atoms with Crippen molar-refractivity contribution in [3.05, 3.63) is 54.4 Å². The van der Waals surface area contributed by atoms with Crippen molar-refractivity contribution in [1.29, 1.82) is 0 Å². The van der Waals surface area contributed by atoms with Gasteiger partial charge in [0.25, 0.3) is 10.1 Å². The van der Waals surface area contributed by atoms with Crippen molar-refractivity contribution in [2.24, 2.45) is 0 Å². The standard InChI is InChI=1S/C22H43N2.C7H8O3S/c1-4-24(5-2,6-3)22-18-14-12-10-8-7-9-11-13-15-19-23-20-16-17-21-23;1-6-2-4-7(5-3-6)11(8,9)10/h16-17,20-21H,4-15,18-19,22H2,1-3H3;2-5H,1H3,(H,8,9,10)/q+1;. The van der Waals surface area contributed by atoms with Gasteiger partial charge in [-0.05, 0) is 71.2 Å². The third kappa shape index (κ3) is 13.9. The fourth-order valence-electron chi connectivity index (χ4n) is 4.53. The van der Waals surface area contributed by atoms with E-state index in [0.29, 0.717) is 0 Å². The molecule has 0 amide bonds. The van der Waals surface area contributed by atoms with Crippen molar-refractivity contribution >= 4 is 10.1 Å². The maximum atomic E-state index is 10.5. The number of nitrogens with zero attached hydrogens (tertiary/aromatic N) is 2. The first kappa shape index (κ1) is 31.4. The molecule has 0 spiro atoms. The zero-order chi connectivity index (χ0) is 26.0. The lowest BCUT2D eigenvalue weighted by Gasteiger charge is -2.35. The molecular weight excluding hydrogens is 456 g/mol. The zero-order valence-corrected chi connectivity index (χ0v) is 23.6. The van der Waals surface area contributed by atoms with E-state index in [1.54, 1.807) is 12.1 Å². The van der Waals surface area contributed by atoms with E-state index in [0.717, 1.165) is 5.56 Å². The molecule has 0 radical (unpaired) electrons. The molecule has 1 N–H and O–H groups in total. The molecule has 2 aromatic rings. The molecule has 0 bridgehead atoms. The van der Waals surface area contributed by atoms with Crippen LogP contribution < -0.4 is 0 Å². The van der Waals surface area contributed by atoms with E-state index in [2.05, 4.69) is 49.9 Å². The Kier molecular flexibility index (Phi) is 15.9. The number of rotatable bonds is 17. The summed E-state index contributed by atoms with van der Waals surface area (Å²) in [5.41, 5.74) is 0.956. The van der Waals surface area contributed by atoms with Crippen molar-refractivity contribution in [2.75, 3.05) is 26.2 Å². The second-order valence-corrected chi connectivity index (χ2v) is 11.2. The van der Waals surface area contributed by atoms with Gasteiger partial charge in [-0.2, -0.15) is 8.42 Å². The average Bonchev–Trinajstić information content (AvgIpc) is 3.36. The molecule has 6 heteroatoms. The summed E-state index contributed by atoms with van der Waals surface area (Å²) in [5.74, 6) is 0. The van der Waals surface area contributed by atoms with Gasteiger partial charge in [0, 0.05) is 18.9 Å². The van der Waals surface area contributed by atoms with Crippen LogP contribution >= 0.6 is 0 Å². The fourth-order valence-corrected chi connectivity index (χ4v) is 5.01. The van der Waals surface area contributed by atoms with E-state index in [9.17, 15) is 8.42 Å². The van der Waals surface area contributed by atoms with Crippen LogP contribution in [-0.4, -0.2) is 48.2 Å². The van der Waals surface area contributed by atoms with Crippen LogP contribution in [-0.2, 0) is 16.7 Å². The van der Waals surface area contributed by atoms with Gasteiger partial charge in [-0.15, -0.1) is 0 Å². The van der Waals surface area contributed by atoms with Gasteiger partial charge >= 0.3 is 0 Å². The summed E-state index contributed by atoms with van der Waals surface area (Å²) in [6.45, 7) is 15.4. The monoisotopic (exact) mass is 507 g/mol. The number of unbranched alkanes of at least 4 members (excludes halogenated alkanes) is 9. The van der Waals surface area contributed by atoms with Crippen LogP contribution in [0.25, 0.3) is 0 Å². The van der Waals surface area contributed by atoms with Crippen LogP contribution in [0.4, 0.5) is 0 Å². The van der Waals surface area contributed by atoms with Crippen LogP contribution in [0, 0.1) is 6.92 Å². The second kappa shape index (κ2) is 17.7. The number of hydrogen-bond acceptors (Lipinski definition) is 2. The second-order valence-electron chi connectivity index (χ2n) is 9.76. The summed E-state index contributed by atoms with van der Waals surface area (Å²) in [6.07, 6.45) is 18.6. The molecule has 0 saturated heterocycles. The summed E-state index contributed by atoms with van der Waals surface area (Å²) in [7, 11) is -4.02. The largest absolute Gasteiger partial charge is 0.354 e. The molecule has 0 fully saturated rings. The predicted octanol–water partition coefficient (Wildman–Crippen LogP) is 7.51. The lowest BCUT2D eigenvalue weighted by Crippen LogP contribution is -2.48. The Hall–Kier alpha value is -1.63. The summed E-state index contributed by atoms with van der Waals surface area (Å²) >= 11 is 0. The minimum absolute atomic E-state index is 0.0666. The Morgan fingerprint density at radius 3 is 1.57 bits per heavy atom. The molecule has 0 aliphatic carbocycles. The maximum Gasteiger partial charge on any atom is 0.294 e. The van der Waals surface area contributed by atoms with Gasteiger partial charge in [-0.3, -0.25) is 4.55 Å². The van der Waals surface area contributed by atoms with Crippen molar-refractivity contribution in [3.63, 3.8) is 0 Å². The van der Waals surface area contributed by atoms with Crippen molar-refractivity contribution in [3.8, 4) is 0 Å². The van der Waals surface area contributed by atoms with E-state index in [1.807, 2.05) is 6.92 Å². The molecule has 0 aliphatic rings. The smallest absolute Gasteiger partial charge is 0.294 e. The molecule has 200 valence electrons. The van der Waals surface area contributed by atoms with Crippen LogP contribution in [0.3, 0.4) is 0 Å². The molecule has 0 atom stereocenters. The third-order valence-corrected chi connectivity index (χ3v) is 8.16. The highest BCUT2D eigenvalue weighted by atomic mass is 32.2. The van der Waals surface area contributed by atoms with Crippen molar-refractivity contribution in [1.82, 2.24) is 4.57 Å². The van der Waals surface area contributed by atoms with Crippen LogP contribution in [0.2, 0.25) is 0 Å². The van der Waals surface area contributed by atoms with Gasteiger partial charge < -0.3 is 9.05 Å². The van der Waals surface area contributed by atoms with Gasteiger partial charge in [-0.25, -0.2) is 0 Å². The van der Waals surface area contributed by atoms with Crippen LogP contribution in [0.5, 0.6) is 0 Å². The van der Waals surface area contributed by atoms with Gasteiger partial charge in [0.05, 0.1) is 31.1 Å². The summed E-state index contributed by atoms with van der Waals surface area (Å²) in [6, 6.07) is 10.2. The Morgan fingerprint density at radius 2 is 1.14 bits per heavy atom. The zero-order valence-electron chi connectivity index (χ0n) is 22.8. The first-order valence-corrected chi connectivity index (χ1v) is 15.2. The van der Waals surface area contributed by atoms with E-state index in [4.69, 9.17) is 4.55 Å². The first-order valence-electron chi connectivity index (χ1n) is 13.8. The third-order valence-electron chi connectivity index (χ3n) is 7.30. The number of hydrogen-bond donors (Lipinski definition) is 1. The molecule has 1 heterocycles. The van der Waals surface area contributed by atoms with Gasteiger partial charge in [0.1, 0.15) is 0 Å². The first-order chi connectivity index (χ1) is 16.8. The highest BCUT2D eigenvalue weighted by molar-refractivity contribution is 7.85. The normalized spacial score (nSPS) is 11.8. The Labute approximate surface area is 215 Å². The molecule has 0 aliphatic heterocycles. The lowest BCUT2D eigenvalue weighted by atomic mass is 10.1. The molecule has 0 unspecified atom stereocenters. The SMILES string of the molecule is CC[N+](CC)(CC)CCCCCCCCCCCCn1cccc1.Cc1ccc(S(=O)(=O)O)cc1. The number of benzene rings is 1. The minimum Gasteiger partial charge on any atom is -0.354 e. The quantitative estimate of drug-likeness (QED) is 0.137. The average molecular weight is 508 g/mol. The van der Waals surface area contributed by atoms with E-state index < -0.39 is 10.1 Å². The highest BCUT2D eigenvalue weighted by Gasteiger charge is 2.19. The van der Waals surface area contributed by atoms with Gasteiger partial charge in [0.2, 0.25) is 0 Å². The Balaban J connectivity index is 0.000000462. The molecule has 2 rings (SSSR count). The molecule has 0 saturated carbocycles. The molecular formula is C29H51N2O3S+. The van der Waals surface area contributed by atoms with Gasteiger partial charge in [-0.1, -0.05) is 62.6 Å². The van der Waals surface area contributed by atoms with Crippen LogP contribution in [0.15, 0.2) is 53.7 Å². The predicted molar refractivity (Wildman–Crippen MR) is 148 cm³/mol. The fraction of sp³-hybridized carbons (Fsp3) is 0.655. The van der Waals surface area contributed by atoms with Crippen molar-refractivity contribution < 1.29 is 17.5 Å². The minimum atomic E-state index is -4.02. The maximum absolute atomic E-state index is 10.5. The van der Waals surface area contributed by atoms with E-state index >= 15 is 0 Å². The topological polar surface area (TPSA) is 59.3 Å². The Morgan fingerprint density at radius 1 is 0.714 bits per heavy atom. The van der Waals surface area contributed by atoms with Crippen LogP contribution in [0.1, 0.15) is 90.5 Å². The summed E-state index contributed by atoms with van der Waals surface area (Å²) < 4.78 is 33.2. The Bertz CT molecular complexity index is 850. The number of aryl methyl sites for hydroxylation is 2. The van der Waals surface area contributed by atoms with Gasteiger partial charge in [0.15, 0.2) is 0 Å². The molecule has 1 aromatic heterocycles. The number of aromatic nitrogens is 1. The summed E-state index contributed by atoms with van der Waals surface area (Å²) in [5, 5.41) is 0. The molecule has 5 nitrogen and oxygen atoms in total. The number of quaternary nitrogens is 1. The highest BCUT2D eigenvalue weighted by Crippen LogP contribution is 2.14. The lowest BCUT2D eigenvalue weighted by molar-refractivity contribution is -0.923. The van der Waals surface area contributed by atoms with Crippen molar-refractivity contribution in [2.45, 2.75) is 103 Å². The molecule has 35 heavy (non-hydrogen) atoms. The summed E-state index contributed by atoms with van der Waals surface area (Å²) in [4.78, 5) is -0.0666. The molecule has 1 aromatic carbocycles. The van der Waals surface area contributed by atoms with E-state index in [1.165, 1.54) is 114 Å². The van der Waals surface area contributed by atoms with E-state index in [-0.39, 0.29) is 4.90 Å².